The number of quaternary nitrogens is 1. The molecule has 1 amide bonds. The number of carbonyl (C=O) groups is 2. The number of nitrogens with one attached hydrogen (secondary N) is 1. The molecule has 5 nitrogen and oxygen atoms in total. The van der Waals surface area contributed by atoms with E-state index in [1.165, 1.54) is 30.0 Å². The van der Waals surface area contributed by atoms with Gasteiger partial charge in [0.05, 0.1) is 18.1 Å². The molecule has 1 aromatic carbocycles. The molecule has 1 aromatic rings. The third-order valence-corrected chi connectivity index (χ3v) is 3.41. The lowest BCUT2D eigenvalue weighted by Gasteiger charge is -2.19. The highest BCUT2D eigenvalue weighted by molar-refractivity contribution is 7.98. The molecule has 0 heterocycles. The van der Waals surface area contributed by atoms with E-state index in [2.05, 4.69) is 24.9 Å². The van der Waals surface area contributed by atoms with Crippen LogP contribution in [0.5, 0.6) is 0 Å². The summed E-state index contributed by atoms with van der Waals surface area (Å²) in [6, 6.07) is 3.88. The highest BCUT2D eigenvalue weighted by Crippen LogP contribution is 2.19. The summed E-state index contributed by atoms with van der Waals surface area (Å²) in [5.74, 6) is -1.25. The number of hydrogen-bond acceptors (Lipinski definition) is 4. The Morgan fingerprint density at radius 3 is 2.13 bits per heavy atom. The van der Waals surface area contributed by atoms with E-state index in [0.29, 0.717) is 28.3 Å². The number of benzene rings is 1. The van der Waals surface area contributed by atoms with E-state index in [1.807, 2.05) is 6.26 Å². The van der Waals surface area contributed by atoms with Gasteiger partial charge in [0.25, 0.3) is 5.91 Å². The molecule has 0 saturated heterocycles. The molecule has 130 valence electrons. The molecule has 0 radical (unpaired) electrons. The molecular weight excluding hydrogens is 359 g/mol. The van der Waals surface area contributed by atoms with Crippen LogP contribution in [0, 0.1) is 0 Å². The Morgan fingerprint density at radius 1 is 1.26 bits per heavy atom. The fourth-order valence-electron chi connectivity index (χ4n) is 1.41. The van der Waals surface area contributed by atoms with Crippen molar-refractivity contribution in [3.63, 3.8) is 0 Å². The average Bonchev–Trinajstić information content (AvgIpc) is 2.41. The van der Waals surface area contributed by atoms with E-state index in [4.69, 9.17) is 23.2 Å². The minimum absolute atomic E-state index is 0.216. The van der Waals surface area contributed by atoms with Gasteiger partial charge in [0.1, 0.15) is 0 Å². The highest BCUT2D eigenvalue weighted by atomic mass is 35.5. The van der Waals surface area contributed by atoms with Crippen molar-refractivity contribution in [2.45, 2.75) is 32.4 Å². The zero-order chi connectivity index (χ0) is 18.0. The van der Waals surface area contributed by atoms with Gasteiger partial charge < -0.3 is 21.0 Å². The highest BCUT2D eigenvalue weighted by Gasteiger charge is 2.15. The van der Waals surface area contributed by atoms with Crippen molar-refractivity contribution in [2.75, 3.05) is 12.0 Å². The van der Waals surface area contributed by atoms with Crippen LogP contribution < -0.4 is 16.2 Å². The predicted octanol–water partition coefficient (Wildman–Crippen LogP) is 1.23. The predicted molar refractivity (Wildman–Crippen MR) is 93.7 cm³/mol. The first kappa shape index (κ1) is 22.1. The van der Waals surface area contributed by atoms with Crippen LogP contribution in [0.2, 0.25) is 10.0 Å². The molecule has 0 aliphatic heterocycles. The largest absolute Gasteiger partial charge is 0.548 e. The molecule has 1 rings (SSSR count). The van der Waals surface area contributed by atoms with Gasteiger partial charge in [-0.3, -0.25) is 4.79 Å². The number of carboxylic acid groups (broad SMARTS) is 1. The van der Waals surface area contributed by atoms with Crippen molar-refractivity contribution in [3.05, 3.63) is 33.8 Å². The summed E-state index contributed by atoms with van der Waals surface area (Å²) < 4.78 is 0. The summed E-state index contributed by atoms with van der Waals surface area (Å²) in [7, 11) is 0. The van der Waals surface area contributed by atoms with Gasteiger partial charge in [-0.15, -0.1) is 0 Å². The SMILES string of the molecule is CC(C)[NH3+].CSCCC(NC(=O)c1cc(Cl)cc(Cl)c1)C(=O)[O-]. The zero-order valence-electron chi connectivity index (χ0n) is 13.4. The number of aliphatic carboxylic acids is 1. The van der Waals surface area contributed by atoms with E-state index in [0.717, 1.165) is 0 Å². The summed E-state index contributed by atoms with van der Waals surface area (Å²) in [6.07, 6.45) is 2.15. The number of hydrogen-bond donors (Lipinski definition) is 2. The van der Waals surface area contributed by atoms with Crippen LogP contribution >= 0.6 is 35.0 Å². The molecule has 0 aliphatic carbocycles. The maximum atomic E-state index is 11.9. The van der Waals surface area contributed by atoms with Crippen molar-refractivity contribution in [2.24, 2.45) is 0 Å². The lowest BCUT2D eigenvalue weighted by Crippen LogP contribution is -2.57. The monoisotopic (exact) mass is 380 g/mol. The van der Waals surface area contributed by atoms with Crippen LogP contribution in [0.3, 0.4) is 0 Å². The summed E-state index contributed by atoms with van der Waals surface area (Å²) in [4.78, 5) is 22.8. The van der Waals surface area contributed by atoms with Crippen LogP contribution in [0.1, 0.15) is 30.6 Å². The van der Waals surface area contributed by atoms with Crippen molar-refractivity contribution in [3.8, 4) is 0 Å². The second kappa shape index (κ2) is 11.6. The molecule has 0 aromatic heterocycles. The van der Waals surface area contributed by atoms with Gasteiger partial charge >= 0.3 is 0 Å². The Kier molecular flexibility index (Phi) is 11.1. The smallest absolute Gasteiger partial charge is 0.251 e. The number of carboxylic acids is 1. The Bertz CT molecular complexity index is 504. The molecule has 8 heteroatoms. The Balaban J connectivity index is 0.00000108. The maximum Gasteiger partial charge on any atom is 0.251 e. The Morgan fingerprint density at radius 2 is 1.74 bits per heavy atom. The summed E-state index contributed by atoms with van der Waals surface area (Å²) in [5, 5.41) is 13.9. The normalized spacial score (nSPS) is 11.4. The van der Waals surface area contributed by atoms with E-state index < -0.39 is 17.9 Å². The second-order valence-corrected chi connectivity index (χ2v) is 7.04. The number of halogens is 2. The van der Waals surface area contributed by atoms with Gasteiger partial charge in [0, 0.05) is 15.6 Å². The van der Waals surface area contributed by atoms with Crippen molar-refractivity contribution in [1.29, 1.82) is 0 Å². The fourth-order valence-corrected chi connectivity index (χ4v) is 2.41. The Labute approximate surface area is 150 Å². The number of thioether (sulfide) groups is 1. The molecular formula is C15H22Cl2N2O3S. The Hall–Kier alpha value is -0.950. The first-order valence-electron chi connectivity index (χ1n) is 6.97. The average molecular weight is 381 g/mol. The standard InChI is InChI=1S/C12H13Cl2NO3S.C3H9N/c1-19-3-2-10(12(17)18)15-11(16)7-4-8(13)6-9(14)5-7;1-3(2)4/h4-6,10H,2-3H2,1H3,(H,15,16)(H,17,18);3H,4H2,1-2H3. The van der Waals surface area contributed by atoms with Crippen LogP contribution in [-0.2, 0) is 4.79 Å². The number of carbonyl (C=O) groups excluding carboxylic acids is 2. The third-order valence-electron chi connectivity index (χ3n) is 2.33. The molecule has 0 saturated carbocycles. The van der Waals surface area contributed by atoms with E-state index in [-0.39, 0.29) is 5.56 Å². The minimum Gasteiger partial charge on any atom is -0.548 e. The quantitative estimate of drug-likeness (QED) is 0.775. The lowest BCUT2D eigenvalue weighted by molar-refractivity contribution is -0.407. The number of rotatable bonds is 6. The summed E-state index contributed by atoms with van der Waals surface area (Å²) >= 11 is 13.1. The molecule has 0 bridgehead atoms. The topological polar surface area (TPSA) is 96.9 Å². The zero-order valence-corrected chi connectivity index (χ0v) is 15.7. The van der Waals surface area contributed by atoms with Gasteiger partial charge in [-0.1, -0.05) is 23.2 Å². The lowest BCUT2D eigenvalue weighted by atomic mass is 10.1. The van der Waals surface area contributed by atoms with Crippen molar-refractivity contribution < 1.29 is 20.4 Å². The first-order valence-corrected chi connectivity index (χ1v) is 9.12. The van der Waals surface area contributed by atoms with Gasteiger partial charge in [0.15, 0.2) is 0 Å². The summed E-state index contributed by atoms with van der Waals surface area (Å²) in [6.45, 7) is 4.11. The van der Waals surface area contributed by atoms with Crippen molar-refractivity contribution in [1.82, 2.24) is 5.32 Å². The maximum absolute atomic E-state index is 11.9. The summed E-state index contributed by atoms with van der Waals surface area (Å²) in [5.41, 5.74) is 3.85. The van der Waals surface area contributed by atoms with E-state index in [9.17, 15) is 14.7 Å². The van der Waals surface area contributed by atoms with E-state index >= 15 is 0 Å². The molecule has 4 N–H and O–H groups in total. The van der Waals surface area contributed by atoms with Gasteiger partial charge in [-0.05, 0) is 50.5 Å². The van der Waals surface area contributed by atoms with Crippen LogP contribution in [-0.4, -0.2) is 36.0 Å². The molecule has 1 atom stereocenters. The third kappa shape index (κ3) is 10.4. The molecule has 1 unspecified atom stereocenters. The van der Waals surface area contributed by atoms with Gasteiger partial charge in [-0.2, -0.15) is 11.8 Å². The van der Waals surface area contributed by atoms with Crippen LogP contribution in [0.15, 0.2) is 18.2 Å². The number of amides is 1. The van der Waals surface area contributed by atoms with Crippen LogP contribution in [0.25, 0.3) is 0 Å². The first-order chi connectivity index (χ1) is 10.7. The van der Waals surface area contributed by atoms with Crippen LogP contribution in [0.4, 0.5) is 0 Å². The molecule has 0 aliphatic rings. The minimum atomic E-state index is -1.31. The molecule has 23 heavy (non-hydrogen) atoms. The van der Waals surface area contributed by atoms with Gasteiger partial charge in [-0.25, -0.2) is 0 Å². The molecule has 0 fully saturated rings. The van der Waals surface area contributed by atoms with Gasteiger partial charge in [0.2, 0.25) is 0 Å². The van der Waals surface area contributed by atoms with E-state index in [1.54, 1.807) is 0 Å². The molecule has 0 spiro atoms. The second-order valence-electron chi connectivity index (χ2n) is 5.18. The fraction of sp³-hybridized carbons (Fsp3) is 0.467. The van der Waals surface area contributed by atoms with Crippen molar-refractivity contribution >= 4 is 46.8 Å².